The minimum Gasteiger partial charge on any atom is -0.322 e. The van der Waals surface area contributed by atoms with Crippen LogP contribution in [0.5, 0.6) is 0 Å². The molecular weight excluding hydrogens is 304 g/mol. The second-order valence-corrected chi connectivity index (χ2v) is 6.93. The molecular formula is C19H18N2OS. The van der Waals surface area contributed by atoms with Crippen LogP contribution in [0.3, 0.4) is 0 Å². The number of hydrogen-bond donors (Lipinski definition) is 1. The molecule has 0 fully saturated rings. The largest absolute Gasteiger partial charge is 0.322 e. The van der Waals surface area contributed by atoms with Gasteiger partial charge in [0.25, 0.3) is 5.91 Å². The third kappa shape index (κ3) is 3.48. The van der Waals surface area contributed by atoms with Gasteiger partial charge in [-0.15, -0.1) is 11.3 Å². The van der Waals surface area contributed by atoms with E-state index in [1.54, 1.807) is 23.6 Å². The highest BCUT2D eigenvalue weighted by molar-refractivity contribution is 7.15. The molecule has 0 unspecified atom stereocenters. The number of carbonyl (C=O) groups is 1. The number of rotatable bonds is 3. The third-order valence-electron chi connectivity index (χ3n) is 3.51. The second kappa shape index (κ2) is 6.34. The van der Waals surface area contributed by atoms with E-state index in [0.29, 0.717) is 5.56 Å². The van der Waals surface area contributed by atoms with Gasteiger partial charge in [-0.3, -0.25) is 9.78 Å². The Bertz CT molecular complexity index is 847. The molecule has 3 nitrogen and oxygen atoms in total. The fourth-order valence-corrected chi connectivity index (χ4v) is 3.47. The van der Waals surface area contributed by atoms with Gasteiger partial charge in [-0.25, -0.2) is 0 Å². The van der Waals surface area contributed by atoms with E-state index in [1.165, 1.54) is 4.88 Å². The van der Waals surface area contributed by atoms with Crippen molar-refractivity contribution in [2.75, 3.05) is 5.32 Å². The Labute approximate surface area is 140 Å². The molecule has 116 valence electrons. The zero-order valence-corrected chi connectivity index (χ0v) is 14.2. The van der Waals surface area contributed by atoms with Crippen LogP contribution >= 0.6 is 11.3 Å². The fraction of sp³-hybridized carbons (Fsp3) is 0.158. The first-order valence-electron chi connectivity index (χ1n) is 7.44. The summed E-state index contributed by atoms with van der Waals surface area (Å²) in [7, 11) is 0. The minimum absolute atomic E-state index is 0.135. The SMILES string of the molecule is Cc1cc(C)cc(NC(=O)c2cccnc2-c2ccc(C)s2)c1. The summed E-state index contributed by atoms with van der Waals surface area (Å²) in [5.74, 6) is -0.135. The van der Waals surface area contributed by atoms with E-state index in [2.05, 4.69) is 16.4 Å². The molecule has 1 amide bonds. The molecule has 2 heterocycles. The first-order chi connectivity index (χ1) is 11.0. The fourth-order valence-electron chi connectivity index (χ4n) is 2.59. The van der Waals surface area contributed by atoms with Gasteiger partial charge in [-0.1, -0.05) is 6.07 Å². The van der Waals surface area contributed by atoms with E-state index < -0.39 is 0 Å². The lowest BCUT2D eigenvalue weighted by Gasteiger charge is -2.10. The van der Waals surface area contributed by atoms with Crippen molar-refractivity contribution in [3.05, 3.63) is 70.2 Å². The molecule has 1 aromatic carbocycles. The normalized spacial score (nSPS) is 10.6. The van der Waals surface area contributed by atoms with Crippen LogP contribution in [0.1, 0.15) is 26.4 Å². The maximum absolute atomic E-state index is 12.7. The Hall–Kier alpha value is -2.46. The van der Waals surface area contributed by atoms with E-state index in [9.17, 15) is 4.79 Å². The molecule has 23 heavy (non-hydrogen) atoms. The van der Waals surface area contributed by atoms with E-state index >= 15 is 0 Å². The number of benzene rings is 1. The van der Waals surface area contributed by atoms with Crippen molar-refractivity contribution in [3.8, 4) is 10.6 Å². The van der Waals surface area contributed by atoms with Gasteiger partial charge in [0.2, 0.25) is 0 Å². The Kier molecular flexibility index (Phi) is 4.26. The molecule has 0 saturated carbocycles. The highest BCUT2D eigenvalue weighted by atomic mass is 32.1. The van der Waals surface area contributed by atoms with Crippen LogP contribution in [-0.4, -0.2) is 10.9 Å². The van der Waals surface area contributed by atoms with Crippen LogP contribution in [0, 0.1) is 20.8 Å². The molecule has 2 aromatic heterocycles. The van der Waals surface area contributed by atoms with Gasteiger partial charge < -0.3 is 5.32 Å². The van der Waals surface area contributed by atoms with Crippen LogP contribution < -0.4 is 5.32 Å². The predicted octanol–water partition coefficient (Wildman–Crippen LogP) is 4.99. The zero-order chi connectivity index (χ0) is 16.4. The molecule has 0 spiro atoms. The lowest BCUT2D eigenvalue weighted by molar-refractivity contribution is 0.102. The van der Waals surface area contributed by atoms with Crippen molar-refractivity contribution in [1.29, 1.82) is 0 Å². The lowest BCUT2D eigenvalue weighted by Crippen LogP contribution is -2.13. The molecule has 0 saturated heterocycles. The number of hydrogen-bond acceptors (Lipinski definition) is 3. The third-order valence-corrected chi connectivity index (χ3v) is 4.51. The molecule has 0 aliphatic heterocycles. The van der Waals surface area contributed by atoms with Crippen molar-refractivity contribution >= 4 is 22.9 Å². The molecule has 3 rings (SSSR count). The van der Waals surface area contributed by atoms with Gasteiger partial charge in [-0.2, -0.15) is 0 Å². The summed E-state index contributed by atoms with van der Waals surface area (Å²) >= 11 is 1.64. The number of aromatic nitrogens is 1. The Balaban J connectivity index is 1.94. The van der Waals surface area contributed by atoms with Crippen molar-refractivity contribution in [2.24, 2.45) is 0 Å². The first-order valence-corrected chi connectivity index (χ1v) is 8.26. The quantitative estimate of drug-likeness (QED) is 0.738. The molecule has 0 atom stereocenters. The number of amides is 1. The van der Waals surface area contributed by atoms with Gasteiger partial charge in [0, 0.05) is 16.8 Å². The monoisotopic (exact) mass is 322 g/mol. The smallest absolute Gasteiger partial charge is 0.257 e. The van der Waals surface area contributed by atoms with Gasteiger partial charge in [0.15, 0.2) is 0 Å². The number of pyridine rings is 1. The average Bonchev–Trinajstić information content (AvgIpc) is 2.92. The maximum Gasteiger partial charge on any atom is 0.257 e. The van der Waals surface area contributed by atoms with E-state index in [4.69, 9.17) is 0 Å². The van der Waals surface area contributed by atoms with E-state index in [1.807, 2.05) is 51.1 Å². The summed E-state index contributed by atoms with van der Waals surface area (Å²) in [6.07, 6.45) is 1.72. The van der Waals surface area contributed by atoms with Crippen molar-refractivity contribution in [3.63, 3.8) is 0 Å². The molecule has 0 aliphatic carbocycles. The minimum atomic E-state index is -0.135. The van der Waals surface area contributed by atoms with Crippen molar-refractivity contribution in [2.45, 2.75) is 20.8 Å². The van der Waals surface area contributed by atoms with Gasteiger partial charge in [0.05, 0.1) is 16.1 Å². The Morgan fingerprint density at radius 2 is 1.78 bits per heavy atom. The second-order valence-electron chi connectivity index (χ2n) is 5.64. The molecule has 0 aliphatic rings. The van der Waals surface area contributed by atoms with Crippen molar-refractivity contribution < 1.29 is 4.79 Å². The van der Waals surface area contributed by atoms with Crippen LogP contribution in [0.15, 0.2) is 48.7 Å². The standard InChI is InChI=1S/C19H18N2OS/c1-12-9-13(2)11-15(10-12)21-19(22)16-5-4-8-20-18(16)17-7-6-14(3)23-17/h4-11H,1-3H3,(H,21,22). The first kappa shape index (κ1) is 15.4. The zero-order valence-electron chi connectivity index (χ0n) is 13.4. The Morgan fingerprint density at radius 3 is 2.43 bits per heavy atom. The molecule has 4 heteroatoms. The van der Waals surface area contributed by atoms with Gasteiger partial charge in [-0.05, 0) is 68.3 Å². The number of carbonyl (C=O) groups excluding carboxylic acids is 1. The number of aryl methyl sites for hydroxylation is 3. The van der Waals surface area contributed by atoms with Crippen LogP contribution in [0.2, 0.25) is 0 Å². The van der Waals surface area contributed by atoms with E-state index in [-0.39, 0.29) is 5.91 Å². The van der Waals surface area contributed by atoms with Crippen LogP contribution in [0.25, 0.3) is 10.6 Å². The highest BCUT2D eigenvalue weighted by Gasteiger charge is 2.15. The summed E-state index contributed by atoms with van der Waals surface area (Å²) < 4.78 is 0. The summed E-state index contributed by atoms with van der Waals surface area (Å²) in [5.41, 5.74) is 4.38. The predicted molar refractivity (Wildman–Crippen MR) is 96.2 cm³/mol. The summed E-state index contributed by atoms with van der Waals surface area (Å²) in [4.78, 5) is 19.3. The lowest BCUT2D eigenvalue weighted by atomic mass is 10.1. The number of nitrogens with zero attached hydrogens (tertiary/aromatic N) is 1. The average molecular weight is 322 g/mol. The number of anilines is 1. The molecule has 1 N–H and O–H groups in total. The molecule has 3 aromatic rings. The van der Waals surface area contributed by atoms with Gasteiger partial charge >= 0.3 is 0 Å². The summed E-state index contributed by atoms with van der Waals surface area (Å²) in [6, 6.07) is 13.7. The summed E-state index contributed by atoms with van der Waals surface area (Å²) in [6.45, 7) is 6.09. The topological polar surface area (TPSA) is 42.0 Å². The van der Waals surface area contributed by atoms with Gasteiger partial charge in [0.1, 0.15) is 0 Å². The molecule has 0 bridgehead atoms. The Morgan fingerprint density at radius 1 is 1.04 bits per heavy atom. The van der Waals surface area contributed by atoms with E-state index in [0.717, 1.165) is 27.4 Å². The highest BCUT2D eigenvalue weighted by Crippen LogP contribution is 2.29. The van der Waals surface area contributed by atoms with Crippen LogP contribution in [0.4, 0.5) is 5.69 Å². The van der Waals surface area contributed by atoms with Crippen LogP contribution in [-0.2, 0) is 0 Å². The molecule has 0 radical (unpaired) electrons. The van der Waals surface area contributed by atoms with Crippen molar-refractivity contribution in [1.82, 2.24) is 4.98 Å². The maximum atomic E-state index is 12.7. The summed E-state index contributed by atoms with van der Waals surface area (Å²) in [5, 5.41) is 2.98. The number of nitrogens with one attached hydrogen (secondary N) is 1. The number of thiophene rings is 1.